The zero-order chi connectivity index (χ0) is 27.5. The van der Waals surface area contributed by atoms with E-state index in [-0.39, 0.29) is 0 Å². The minimum Gasteiger partial charge on any atom is -0.361 e. The molecule has 3 heterocycles. The second-order valence-electron chi connectivity index (χ2n) is 9.46. The molecular weight excluding hydrogens is 496 g/mol. The third-order valence-corrected chi connectivity index (χ3v) is 6.89. The average molecular weight is 529 g/mol. The van der Waals surface area contributed by atoms with E-state index < -0.39 is 17.5 Å². The highest BCUT2D eigenvalue weighted by atomic mass is 16.5. The predicted molar refractivity (Wildman–Crippen MR) is 148 cm³/mol. The van der Waals surface area contributed by atoms with Crippen molar-refractivity contribution in [2.24, 2.45) is 0 Å². The smallest absolute Gasteiger partial charge is 0.334 e. The Bertz CT molecular complexity index is 1700. The summed E-state index contributed by atoms with van der Waals surface area (Å²) in [6, 6.07) is 16.1. The summed E-state index contributed by atoms with van der Waals surface area (Å²) in [6.45, 7) is 6.67. The number of ether oxygens (including phenoxy) is 1. The number of hydrogen-bond donors (Lipinski definition) is 1. The summed E-state index contributed by atoms with van der Waals surface area (Å²) in [5.41, 5.74) is 3.94. The van der Waals surface area contributed by atoms with Gasteiger partial charge in [-0.15, -0.1) is 10.2 Å². The fourth-order valence-corrected chi connectivity index (χ4v) is 4.92. The number of benzene rings is 2. The highest BCUT2D eigenvalue weighted by Crippen LogP contribution is 2.30. The third kappa shape index (κ3) is 4.81. The predicted octanol–water partition coefficient (Wildman–Crippen LogP) is 3.78. The number of aromatic amines is 1. The van der Waals surface area contributed by atoms with Gasteiger partial charge >= 0.3 is 5.69 Å². The quantitative estimate of drug-likeness (QED) is 0.292. The lowest BCUT2D eigenvalue weighted by Crippen LogP contribution is -2.42. The largest absolute Gasteiger partial charge is 0.361 e. The van der Waals surface area contributed by atoms with Gasteiger partial charge in [0.25, 0.3) is 5.56 Å². The molecule has 0 saturated heterocycles. The van der Waals surface area contributed by atoms with Gasteiger partial charge in [-0.3, -0.25) is 9.36 Å². The molecule has 5 rings (SSSR count). The maximum Gasteiger partial charge on any atom is 0.334 e. The normalized spacial score (nSPS) is 12.3. The molecule has 0 aliphatic heterocycles. The Labute approximate surface area is 225 Å². The molecule has 0 bridgehead atoms. The van der Waals surface area contributed by atoms with E-state index in [1.165, 1.54) is 11.7 Å². The van der Waals surface area contributed by atoms with E-state index in [4.69, 9.17) is 9.72 Å². The summed E-state index contributed by atoms with van der Waals surface area (Å²) in [6.07, 6.45) is 1.58. The van der Waals surface area contributed by atoms with Gasteiger partial charge in [0.05, 0.1) is 0 Å². The molecule has 3 aromatic heterocycles. The van der Waals surface area contributed by atoms with Crippen LogP contribution in [-0.2, 0) is 24.2 Å². The maximum atomic E-state index is 13.7. The van der Waals surface area contributed by atoms with Crippen LogP contribution in [-0.4, -0.2) is 46.4 Å². The van der Waals surface area contributed by atoms with Gasteiger partial charge in [0.1, 0.15) is 12.1 Å². The highest BCUT2D eigenvalue weighted by molar-refractivity contribution is 5.80. The molecule has 0 saturated carbocycles. The van der Waals surface area contributed by atoms with Gasteiger partial charge in [-0.1, -0.05) is 62.4 Å². The molecule has 1 unspecified atom stereocenters. The van der Waals surface area contributed by atoms with Crippen LogP contribution in [0.1, 0.15) is 51.2 Å². The van der Waals surface area contributed by atoms with Crippen LogP contribution < -0.4 is 11.2 Å². The van der Waals surface area contributed by atoms with Crippen LogP contribution in [0.3, 0.4) is 0 Å². The van der Waals surface area contributed by atoms with E-state index in [2.05, 4.69) is 27.5 Å². The van der Waals surface area contributed by atoms with Gasteiger partial charge in [-0.25, -0.2) is 14.3 Å². The van der Waals surface area contributed by atoms with E-state index in [9.17, 15) is 9.59 Å². The van der Waals surface area contributed by atoms with E-state index in [0.29, 0.717) is 36.5 Å². The first-order valence-corrected chi connectivity index (χ1v) is 13.2. The number of methoxy groups -OCH3 is 1. The van der Waals surface area contributed by atoms with Crippen LogP contribution in [0.15, 0.2) is 58.1 Å². The molecular formula is C28H32N8O3. The van der Waals surface area contributed by atoms with Crippen LogP contribution in [0, 0.1) is 0 Å². The number of hydrogen-bond acceptors (Lipinski definition) is 7. The van der Waals surface area contributed by atoms with Gasteiger partial charge in [0.15, 0.2) is 11.2 Å². The zero-order valence-electron chi connectivity index (χ0n) is 22.6. The van der Waals surface area contributed by atoms with Crippen molar-refractivity contribution in [3.05, 3.63) is 80.8 Å². The molecule has 0 radical (unpaired) electrons. The van der Waals surface area contributed by atoms with E-state index >= 15 is 0 Å². The van der Waals surface area contributed by atoms with Crippen molar-refractivity contribution >= 4 is 11.2 Å². The number of tetrazole rings is 1. The average Bonchev–Trinajstić information content (AvgIpc) is 3.61. The molecule has 202 valence electrons. The van der Waals surface area contributed by atoms with Crippen LogP contribution in [0.25, 0.3) is 33.7 Å². The Morgan fingerprint density at radius 2 is 1.72 bits per heavy atom. The number of nitrogens with one attached hydrogen (secondary N) is 1. The Balaban J connectivity index is 1.61. The van der Waals surface area contributed by atoms with E-state index in [1.807, 2.05) is 60.0 Å². The first-order valence-electron chi connectivity index (χ1n) is 13.2. The number of H-pyrrole nitrogens is 1. The van der Waals surface area contributed by atoms with Crippen LogP contribution in [0.4, 0.5) is 0 Å². The summed E-state index contributed by atoms with van der Waals surface area (Å²) in [4.78, 5) is 31.8. The van der Waals surface area contributed by atoms with E-state index in [0.717, 1.165) is 40.9 Å². The molecule has 39 heavy (non-hydrogen) atoms. The minimum atomic E-state index is -0.700. The summed E-state index contributed by atoms with van der Waals surface area (Å²) in [7, 11) is 1.49. The van der Waals surface area contributed by atoms with Crippen LogP contribution in [0.2, 0.25) is 0 Å². The minimum absolute atomic E-state index is 0.391. The Hall–Kier alpha value is -4.38. The second kappa shape index (κ2) is 11.2. The van der Waals surface area contributed by atoms with Crippen molar-refractivity contribution in [3.8, 4) is 22.5 Å². The summed E-state index contributed by atoms with van der Waals surface area (Å²) in [5.74, 6) is 1.31. The lowest BCUT2D eigenvalue weighted by atomic mass is 9.98. The molecule has 0 spiro atoms. The zero-order valence-corrected chi connectivity index (χ0v) is 22.6. The summed E-state index contributed by atoms with van der Waals surface area (Å²) >= 11 is 0. The van der Waals surface area contributed by atoms with Gasteiger partial charge in [-0.2, -0.15) is 5.21 Å². The van der Waals surface area contributed by atoms with Crippen molar-refractivity contribution < 1.29 is 4.74 Å². The molecule has 1 N–H and O–H groups in total. The molecule has 11 heteroatoms. The number of nitrogens with zero attached hydrogens (tertiary/aromatic N) is 7. The molecule has 11 nitrogen and oxygen atoms in total. The van der Waals surface area contributed by atoms with Gasteiger partial charge < -0.3 is 9.30 Å². The Kier molecular flexibility index (Phi) is 7.51. The second-order valence-corrected chi connectivity index (χ2v) is 9.46. The lowest BCUT2D eigenvalue weighted by Gasteiger charge is -2.16. The molecule has 0 aliphatic rings. The number of aryl methyl sites for hydroxylation is 2. The molecule has 2 aromatic carbocycles. The molecule has 0 aliphatic carbocycles. The molecule has 1 atom stereocenters. The summed E-state index contributed by atoms with van der Waals surface area (Å²) in [5, 5.41) is 14.5. The number of aromatic nitrogens is 8. The Morgan fingerprint density at radius 3 is 2.36 bits per heavy atom. The SMILES string of the molecule is CCCc1nc2c(c(=O)n(C(C)OC)c(=O)n2CCC)n1Cc1ccc(-c2ccccc2-c2nn[nH]n2)cc1. The first kappa shape index (κ1) is 26.2. The lowest BCUT2D eigenvalue weighted by molar-refractivity contribution is 0.0530. The van der Waals surface area contributed by atoms with Crippen molar-refractivity contribution in [3.63, 3.8) is 0 Å². The standard InChI is InChI=1S/C28H32N8O3/c1-5-9-23-29-26-24(27(37)36(18(3)39-4)28(38)34(26)16-6-2)35(23)17-19-12-14-20(15-13-19)21-10-7-8-11-22(21)25-30-32-33-31-25/h7-8,10-15,18H,5-6,9,16-17H2,1-4H3,(H,30,31,32,33). The third-order valence-electron chi connectivity index (χ3n) is 6.89. The van der Waals surface area contributed by atoms with Gasteiger partial charge in [0, 0.05) is 32.2 Å². The first-order chi connectivity index (χ1) is 19.0. The van der Waals surface area contributed by atoms with Gasteiger partial charge in [-0.05, 0) is 41.7 Å². The molecule has 5 aromatic rings. The van der Waals surface area contributed by atoms with Crippen LogP contribution in [0.5, 0.6) is 0 Å². The Morgan fingerprint density at radius 1 is 0.974 bits per heavy atom. The van der Waals surface area contributed by atoms with Crippen molar-refractivity contribution in [2.75, 3.05) is 7.11 Å². The molecule has 0 amide bonds. The van der Waals surface area contributed by atoms with Crippen molar-refractivity contribution in [2.45, 2.75) is 59.4 Å². The highest BCUT2D eigenvalue weighted by Gasteiger charge is 2.23. The fourth-order valence-electron chi connectivity index (χ4n) is 4.92. The number of imidazole rings is 1. The maximum absolute atomic E-state index is 13.7. The van der Waals surface area contributed by atoms with E-state index in [1.54, 1.807) is 11.5 Å². The van der Waals surface area contributed by atoms with Crippen molar-refractivity contribution in [1.82, 2.24) is 39.3 Å². The van der Waals surface area contributed by atoms with Crippen LogP contribution >= 0.6 is 0 Å². The fraction of sp³-hybridized carbons (Fsp3) is 0.357. The van der Waals surface area contributed by atoms with Gasteiger partial charge in [0.2, 0.25) is 5.82 Å². The number of rotatable bonds is 10. The monoisotopic (exact) mass is 528 g/mol. The number of fused-ring (bicyclic) bond motifs is 1. The van der Waals surface area contributed by atoms with Crippen molar-refractivity contribution in [1.29, 1.82) is 0 Å². The summed E-state index contributed by atoms with van der Waals surface area (Å²) < 4.78 is 10.1. The molecule has 0 fully saturated rings. The topological polar surface area (TPSA) is 126 Å².